The molecule has 1 rings (SSSR count). The summed E-state index contributed by atoms with van der Waals surface area (Å²) < 4.78 is 0. The van der Waals surface area contributed by atoms with Crippen molar-refractivity contribution < 1.29 is 0 Å². The molecule has 0 radical (unpaired) electrons. The smallest absolute Gasteiger partial charge is 0.00771 e. The van der Waals surface area contributed by atoms with E-state index in [9.17, 15) is 0 Å². The lowest BCUT2D eigenvalue weighted by Crippen LogP contribution is -2.31. The van der Waals surface area contributed by atoms with Gasteiger partial charge in [0.15, 0.2) is 0 Å². The zero-order chi connectivity index (χ0) is 11.1. The first-order valence-corrected chi connectivity index (χ1v) is 6.99. The molecule has 0 amide bonds. The van der Waals surface area contributed by atoms with Crippen LogP contribution in [0.2, 0.25) is 0 Å². The van der Waals surface area contributed by atoms with Gasteiger partial charge < -0.3 is 5.73 Å². The molecule has 0 aromatic rings. The van der Waals surface area contributed by atoms with E-state index in [-0.39, 0.29) is 0 Å². The van der Waals surface area contributed by atoms with Gasteiger partial charge in [0.05, 0.1) is 0 Å². The lowest BCUT2D eigenvalue weighted by atomic mass is 9.63. The van der Waals surface area contributed by atoms with Crippen LogP contribution in [0.3, 0.4) is 0 Å². The third-order valence-electron chi connectivity index (χ3n) is 4.76. The Hall–Kier alpha value is -0.0400. The van der Waals surface area contributed by atoms with Gasteiger partial charge in [0.2, 0.25) is 0 Å². The van der Waals surface area contributed by atoms with E-state index < -0.39 is 0 Å². The molecule has 1 fully saturated rings. The molecule has 0 heterocycles. The molecule has 0 aliphatic heterocycles. The minimum Gasteiger partial charge on any atom is -0.330 e. The molecule has 0 unspecified atom stereocenters. The lowest BCUT2D eigenvalue weighted by molar-refractivity contribution is 0.0906. The van der Waals surface area contributed by atoms with Crippen LogP contribution in [0.25, 0.3) is 0 Å². The van der Waals surface area contributed by atoms with Crippen molar-refractivity contribution in [3.8, 4) is 0 Å². The molecule has 0 atom stereocenters. The minimum absolute atomic E-state index is 0.625. The maximum atomic E-state index is 5.67. The Bertz CT molecular complexity index is 155. The third kappa shape index (κ3) is 3.21. The summed E-state index contributed by atoms with van der Waals surface area (Å²) in [4.78, 5) is 0. The van der Waals surface area contributed by atoms with Crippen LogP contribution in [0.1, 0.15) is 71.6 Å². The molecule has 15 heavy (non-hydrogen) atoms. The molecule has 1 nitrogen and oxygen atoms in total. The van der Waals surface area contributed by atoms with Gasteiger partial charge in [-0.25, -0.2) is 0 Å². The van der Waals surface area contributed by atoms with Crippen LogP contribution in [-0.2, 0) is 0 Å². The van der Waals surface area contributed by atoms with E-state index in [0.29, 0.717) is 5.41 Å². The summed E-state index contributed by atoms with van der Waals surface area (Å²) in [5.74, 6) is 0.993. The maximum absolute atomic E-state index is 5.67. The zero-order valence-corrected chi connectivity index (χ0v) is 10.7. The Balaban J connectivity index is 2.59. The van der Waals surface area contributed by atoms with Gasteiger partial charge in [0, 0.05) is 0 Å². The van der Waals surface area contributed by atoms with E-state index in [2.05, 4.69) is 13.8 Å². The third-order valence-corrected chi connectivity index (χ3v) is 4.76. The maximum Gasteiger partial charge on any atom is -0.00771 e. The fraction of sp³-hybridized carbons (Fsp3) is 1.00. The van der Waals surface area contributed by atoms with E-state index in [0.717, 1.165) is 12.5 Å². The summed E-state index contributed by atoms with van der Waals surface area (Å²) in [5.41, 5.74) is 6.30. The van der Waals surface area contributed by atoms with Crippen molar-refractivity contribution in [3.05, 3.63) is 0 Å². The monoisotopic (exact) mass is 211 g/mol. The van der Waals surface area contributed by atoms with Crippen LogP contribution in [-0.4, -0.2) is 6.54 Å². The molecule has 1 aliphatic carbocycles. The summed E-state index contributed by atoms with van der Waals surface area (Å²) in [7, 11) is 0. The predicted molar refractivity (Wildman–Crippen MR) is 67.9 cm³/mol. The molecule has 0 aromatic carbocycles. The molecular weight excluding hydrogens is 182 g/mol. The van der Waals surface area contributed by atoms with E-state index in [1.807, 2.05) is 0 Å². The first-order valence-electron chi connectivity index (χ1n) is 6.99. The average molecular weight is 211 g/mol. The van der Waals surface area contributed by atoms with Crippen molar-refractivity contribution in [3.63, 3.8) is 0 Å². The summed E-state index contributed by atoms with van der Waals surface area (Å²) in [6.07, 6.45) is 12.7. The average Bonchev–Trinajstić information content (AvgIpc) is 2.33. The van der Waals surface area contributed by atoms with Gasteiger partial charge in [-0.15, -0.1) is 0 Å². The van der Waals surface area contributed by atoms with Gasteiger partial charge in [0.1, 0.15) is 0 Å². The van der Waals surface area contributed by atoms with Crippen LogP contribution in [0, 0.1) is 11.3 Å². The fourth-order valence-corrected chi connectivity index (χ4v) is 3.55. The van der Waals surface area contributed by atoms with Gasteiger partial charge >= 0.3 is 0 Å². The summed E-state index contributed by atoms with van der Waals surface area (Å²) in [5, 5.41) is 0. The standard InChI is InChI=1S/C14H29N/c1-3-14(4-2,11-8-12-15)13-9-6-5-7-10-13/h13H,3-12,15H2,1-2H3. The van der Waals surface area contributed by atoms with Crippen molar-refractivity contribution >= 4 is 0 Å². The molecule has 0 aromatic heterocycles. The molecule has 0 bridgehead atoms. The van der Waals surface area contributed by atoms with Gasteiger partial charge in [-0.1, -0.05) is 46.0 Å². The van der Waals surface area contributed by atoms with E-state index >= 15 is 0 Å². The Morgan fingerprint density at radius 2 is 1.67 bits per heavy atom. The normalized spacial score (nSPS) is 19.4. The Kier molecular flexibility index (Phi) is 5.66. The molecule has 2 N–H and O–H groups in total. The van der Waals surface area contributed by atoms with Crippen LogP contribution in [0.15, 0.2) is 0 Å². The molecular formula is C14H29N. The van der Waals surface area contributed by atoms with E-state index in [4.69, 9.17) is 5.73 Å². The highest BCUT2D eigenvalue weighted by atomic mass is 14.5. The zero-order valence-electron chi connectivity index (χ0n) is 10.7. The molecule has 1 heteroatoms. The van der Waals surface area contributed by atoms with Crippen molar-refractivity contribution in [1.82, 2.24) is 0 Å². The van der Waals surface area contributed by atoms with Gasteiger partial charge in [-0.2, -0.15) is 0 Å². The molecule has 1 aliphatic rings. The fourth-order valence-electron chi connectivity index (χ4n) is 3.55. The van der Waals surface area contributed by atoms with Gasteiger partial charge in [-0.3, -0.25) is 0 Å². The first-order chi connectivity index (χ1) is 7.29. The largest absolute Gasteiger partial charge is 0.330 e. The highest BCUT2D eigenvalue weighted by molar-refractivity contribution is 4.86. The molecule has 1 saturated carbocycles. The van der Waals surface area contributed by atoms with Crippen molar-refractivity contribution in [2.75, 3.05) is 6.54 Å². The topological polar surface area (TPSA) is 26.0 Å². The van der Waals surface area contributed by atoms with Gasteiger partial charge in [-0.05, 0) is 43.6 Å². The molecule has 0 saturated heterocycles. The lowest BCUT2D eigenvalue weighted by Gasteiger charge is -2.42. The van der Waals surface area contributed by atoms with Crippen LogP contribution >= 0.6 is 0 Å². The Morgan fingerprint density at radius 1 is 1.07 bits per heavy atom. The first kappa shape index (κ1) is 13.0. The van der Waals surface area contributed by atoms with Crippen molar-refractivity contribution in [1.29, 1.82) is 0 Å². The van der Waals surface area contributed by atoms with E-state index in [1.54, 1.807) is 0 Å². The summed E-state index contributed by atoms with van der Waals surface area (Å²) >= 11 is 0. The van der Waals surface area contributed by atoms with Gasteiger partial charge in [0.25, 0.3) is 0 Å². The number of rotatable bonds is 6. The predicted octanol–water partition coefficient (Wildman–Crippen LogP) is 4.11. The van der Waals surface area contributed by atoms with Crippen LogP contribution in [0.5, 0.6) is 0 Å². The second kappa shape index (κ2) is 6.52. The SMILES string of the molecule is CCC(CC)(CCCN)C1CCCCC1. The summed E-state index contributed by atoms with van der Waals surface area (Å²) in [6.45, 7) is 5.64. The Morgan fingerprint density at radius 3 is 2.13 bits per heavy atom. The second-order valence-electron chi connectivity index (χ2n) is 5.30. The quantitative estimate of drug-likeness (QED) is 0.703. The van der Waals surface area contributed by atoms with E-state index in [1.165, 1.54) is 57.8 Å². The number of nitrogens with two attached hydrogens (primary N) is 1. The Labute approximate surface area is 95.8 Å². The highest BCUT2D eigenvalue weighted by Crippen LogP contribution is 2.46. The van der Waals surface area contributed by atoms with Crippen molar-refractivity contribution in [2.24, 2.45) is 17.1 Å². The van der Waals surface area contributed by atoms with Crippen molar-refractivity contribution in [2.45, 2.75) is 71.6 Å². The van der Waals surface area contributed by atoms with Crippen LogP contribution in [0.4, 0.5) is 0 Å². The summed E-state index contributed by atoms with van der Waals surface area (Å²) in [6, 6.07) is 0. The van der Waals surface area contributed by atoms with Crippen LogP contribution < -0.4 is 5.73 Å². The number of hydrogen-bond donors (Lipinski definition) is 1. The minimum atomic E-state index is 0.625. The molecule has 90 valence electrons. The molecule has 0 spiro atoms. The number of hydrogen-bond acceptors (Lipinski definition) is 1. The highest BCUT2D eigenvalue weighted by Gasteiger charge is 2.35. The second-order valence-corrected chi connectivity index (χ2v) is 5.30.